The Labute approximate surface area is 283 Å². The minimum Gasteiger partial charge on any atom is -0.598 e. The maximum absolute atomic E-state index is 14.1. The van der Waals surface area contributed by atoms with Crippen molar-refractivity contribution in [3.05, 3.63) is 101 Å². The SMILES string of the molecule is CN1CCCC(Oc2ccc(Nc3ncc4cc(-c5cccc(S(=O)(=O)c6ccccc6)c5)c(=O)n(CCN(C)[S+](C)[O-])c4n3)cc2)C1. The van der Waals surface area contributed by atoms with Crippen molar-refractivity contribution >= 4 is 43.9 Å². The van der Waals surface area contributed by atoms with Crippen molar-refractivity contribution in [3.63, 3.8) is 0 Å². The van der Waals surface area contributed by atoms with E-state index in [4.69, 9.17) is 9.72 Å². The van der Waals surface area contributed by atoms with Crippen molar-refractivity contribution in [2.24, 2.45) is 0 Å². The molecule has 48 heavy (non-hydrogen) atoms. The number of piperidine rings is 1. The molecule has 0 radical (unpaired) electrons. The molecule has 0 amide bonds. The summed E-state index contributed by atoms with van der Waals surface area (Å²) < 4.78 is 48.2. The van der Waals surface area contributed by atoms with Gasteiger partial charge < -0.3 is 19.5 Å². The fraction of sp³-hybridized carbons (Fsp3) is 0.286. The molecule has 0 bridgehead atoms. The number of nitrogens with one attached hydrogen (secondary N) is 1. The highest BCUT2D eigenvalue weighted by Gasteiger charge is 2.21. The summed E-state index contributed by atoms with van der Waals surface area (Å²) in [6, 6.07) is 23.8. The van der Waals surface area contributed by atoms with Gasteiger partial charge >= 0.3 is 0 Å². The quantitative estimate of drug-likeness (QED) is 0.195. The van der Waals surface area contributed by atoms with E-state index in [1.807, 2.05) is 24.3 Å². The van der Waals surface area contributed by atoms with E-state index in [1.165, 1.54) is 16.7 Å². The molecule has 250 valence electrons. The van der Waals surface area contributed by atoms with Crippen LogP contribution in [0, 0.1) is 0 Å². The molecule has 11 nitrogen and oxygen atoms in total. The lowest BCUT2D eigenvalue weighted by atomic mass is 10.1. The van der Waals surface area contributed by atoms with Gasteiger partial charge in [-0.15, -0.1) is 4.31 Å². The van der Waals surface area contributed by atoms with Gasteiger partial charge in [0.05, 0.1) is 16.3 Å². The highest BCUT2D eigenvalue weighted by Crippen LogP contribution is 2.28. The molecule has 1 N–H and O–H groups in total. The molecule has 6 rings (SSSR count). The van der Waals surface area contributed by atoms with Crippen LogP contribution in [-0.4, -0.2) is 82.8 Å². The first-order valence-corrected chi connectivity index (χ1v) is 18.7. The molecule has 13 heteroatoms. The summed E-state index contributed by atoms with van der Waals surface area (Å²) in [6.07, 6.45) is 5.51. The number of hydrogen-bond donors (Lipinski definition) is 1. The number of nitrogens with zero attached hydrogens (tertiary/aromatic N) is 5. The van der Waals surface area contributed by atoms with E-state index in [2.05, 4.69) is 22.2 Å². The van der Waals surface area contributed by atoms with Crippen LogP contribution in [0.25, 0.3) is 22.2 Å². The number of aromatic nitrogens is 3. The molecule has 3 aromatic carbocycles. The predicted octanol–water partition coefficient (Wildman–Crippen LogP) is 4.73. The first kappa shape index (κ1) is 33.6. The summed E-state index contributed by atoms with van der Waals surface area (Å²) in [5.41, 5.74) is 1.55. The first-order chi connectivity index (χ1) is 23.1. The summed E-state index contributed by atoms with van der Waals surface area (Å²) in [4.78, 5) is 25.9. The molecule has 1 fully saturated rings. The van der Waals surface area contributed by atoms with Crippen LogP contribution in [-0.2, 0) is 27.7 Å². The van der Waals surface area contributed by atoms with E-state index in [-0.39, 0.29) is 28.0 Å². The van der Waals surface area contributed by atoms with Crippen molar-refractivity contribution in [1.29, 1.82) is 0 Å². The summed E-state index contributed by atoms with van der Waals surface area (Å²) in [5, 5.41) is 3.81. The molecule has 2 aromatic heterocycles. The summed E-state index contributed by atoms with van der Waals surface area (Å²) in [7, 11) is 0.0130. The Morgan fingerprint density at radius 1 is 1.04 bits per heavy atom. The van der Waals surface area contributed by atoms with E-state index >= 15 is 0 Å². The summed E-state index contributed by atoms with van der Waals surface area (Å²) >= 11 is -1.24. The van der Waals surface area contributed by atoms with Crippen molar-refractivity contribution in [1.82, 2.24) is 23.7 Å². The van der Waals surface area contributed by atoms with Crippen LogP contribution in [0.4, 0.5) is 11.6 Å². The number of sulfone groups is 1. The fourth-order valence-electron chi connectivity index (χ4n) is 5.72. The standard InChI is InChI=1S/C35H38N6O5S2/c1-39-18-8-10-29(24-39)46-28-16-14-27(15-17-28)37-35-36-23-26-22-32(34(42)41(33(26)38-35)20-19-40(2)47(3)43)25-9-7-13-31(21-25)48(44,45)30-11-5-4-6-12-30/h4-7,9,11-17,21-23,29H,8,10,18-20,24H2,1-3H3,(H,36,37,38). The summed E-state index contributed by atoms with van der Waals surface area (Å²) in [6.45, 7) is 2.50. The minimum absolute atomic E-state index is 0.0802. The Balaban J connectivity index is 1.32. The van der Waals surface area contributed by atoms with Crippen LogP contribution in [0.5, 0.6) is 5.75 Å². The second-order valence-corrected chi connectivity index (χ2v) is 15.3. The number of pyridine rings is 1. The molecule has 3 heterocycles. The number of hydrogen-bond acceptors (Lipinski definition) is 10. The number of benzene rings is 3. The average molecular weight is 687 g/mol. The lowest BCUT2D eigenvalue weighted by Gasteiger charge is -2.30. The van der Waals surface area contributed by atoms with Gasteiger partial charge in [0.2, 0.25) is 15.8 Å². The summed E-state index contributed by atoms with van der Waals surface area (Å²) in [5.74, 6) is 1.09. The molecule has 0 saturated carbocycles. The number of likely N-dealkylation sites (N-methyl/N-ethyl adjacent to an activating group) is 2. The molecule has 1 aliphatic heterocycles. The number of fused-ring (bicyclic) bond motifs is 1. The molecule has 5 aromatic rings. The van der Waals surface area contributed by atoms with Crippen LogP contribution < -0.4 is 15.6 Å². The Bertz CT molecular complexity index is 2060. The van der Waals surface area contributed by atoms with Gasteiger partial charge in [-0.1, -0.05) is 30.3 Å². The largest absolute Gasteiger partial charge is 0.598 e. The minimum atomic E-state index is -3.81. The van der Waals surface area contributed by atoms with E-state index in [1.54, 1.807) is 72.3 Å². The van der Waals surface area contributed by atoms with Gasteiger partial charge in [0.15, 0.2) is 0 Å². The fourth-order valence-corrected chi connectivity index (χ4v) is 7.39. The number of ether oxygens (including phenoxy) is 1. The lowest BCUT2D eigenvalue weighted by molar-refractivity contribution is 0.104. The molecule has 1 aliphatic rings. The first-order valence-electron chi connectivity index (χ1n) is 15.7. The zero-order valence-corrected chi connectivity index (χ0v) is 28.7. The smallest absolute Gasteiger partial charge is 0.260 e. The molecule has 1 saturated heterocycles. The average Bonchev–Trinajstić information content (AvgIpc) is 3.09. The van der Waals surface area contributed by atoms with Crippen LogP contribution in [0.15, 0.2) is 106 Å². The van der Waals surface area contributed by atoms with Crippen molar-refractivity contribution < 1.29 is 17.7 Å². The highest BCUT2D eigenvalue weighted by atomic mass is 32.2. The van der Waals surface area contributed by atoms with E-state index in [9.17, 15) is 17.8 Å². The third-order valence-corrected chi connectivity index (χ3v) is 11.2. The van der Waals surface area contributed by atoms with Gasteiger partial charge in [0, 0.05) is 54.3 Å². The van der Waals surface area contributed by atoms with Crippen molar-refractivity contribution in [2.75, 3.05) is 45.3 Å². The molecule has 2 atom stereocenters. The monoisotopic (exact) mass is 686 g/mol. The second-order valence-electron chi connectivity index (χ2n) is 11.9. The van der Waals surface area contributed by atoms with Crippen molar-refractivity contribution in [3.8, 4) is 16.9 Å². The Hall–Kier alpha value is -4.27. The van der Waals surface area contributed by atoms with Gasteiger partial charge in [-0.3, -0.25) is 9.36 Å². The van der Waals surface area contributed by atoms with Gasteiger partial charge in [0.1, 0.15) is 23.8 Å². The maximum atomic E-state index is 14.1. The Morgan fingerprint density at radius 2 is 1.79 bits per heavy atom. The van der Waals surface area contributed by atoms with Crippen LogP contribution >= 0.6 is 0 Å². The third kappa shape index (κ3) is 7.55. The van der Waals surface area contributed by atoms with E-state index < -0.39 is 21.2 Å². The van der Waals surface area contributed by atoms with Crippen LogP contribution in [0.3, 0.4) is 0 Å². The van der Waals surface area contributed by atoms with Gasteiger partial charge in [-0.25, -0.2) is 13.4 Å². The van der Waals surface area contributed by atoms with Gasteiger partial charge in [-0.2, -0.15) is 4.98 Å². The second kappa shape index (κ2) is 14.5. The Kier molecular flexibility index (Phi) is 10.1. The zero-order chi connectivity index (χ0) is 33.8. The van der Waals surface area contributed by atoms with Crippen LogP contribution in [0.2, 0.25) is 0 Å². The molecular weight excluding hydrogens is 649 g/mol. The van der Waals surface area contributed by atoms with Gasteiger partial charge in [-0.05, 0) is 86.6 Å². The van der Waals surface area contributed by atoms with Gasteiger partial charge in [0.25, 0.3) is 5.56 Å². The zero-order valence-electron chi connectivity index (χ0n) is 27.1. The molecule has 0 aliphatic carbocycles. The molecule has 0 spiro atoms. The molecular formula is C35H38N6O5S2. The van der Waals surface area contributed by atoms with E-state index in [0.717, 1.165) is 37.4 Å². The normalized spacial score (nSPS) is 16.2. The number of rotatable bonds is 11. The molecule has 2 unspecified atom stereocenters. The maximum Gasteiger partial charge on any atom is 0.260 e. The number of likely N-dealkylation sites (tertiary alicyclic amines) is 1. The highest BCUT2D eigenvalue weighted by molar-refractivity contribution is 7.91. The van der Waals surface area contributed by atoms with Crippen LogP contribution in [0.1, 0.15) is 12.8 Å². The topological polar surface area (TPSA) is 133 Å². The third-order valence-electron chi connectivity index (χ3n) is 8.41. The Morgan fingerprint density at radius 3 is 2.52 bits per heavy atom. The predicted molar refractivity (Wildman–Crippen MR) is 189 cm³/mol. The number of anilines is 2. The van der Waals surface area contributed by atoms with Crippen molar-refractivity contribution in [2.45, 2.75) is 35.3 Å². The lowest BCUT2D eigenvalue weighted by Crippen LogP contribution is -2.38. The van der Waals surface area contributed by atoms with E-state index in [0.29, 0.717) is 34.7 Å².